The maximum absolute atomic E-state index is 11.6. The number of amides is 3. The summed E-state index contributed by atoms with van der Waals surface area (Å²) in [6.45, 7) is 6.00. The van der Waals surface area contributed by atoms with Gasteiger partial charge in [0.2, 0.25) is 0 Å². The maximum atomic E-state index is 11.6. The molecule has 1 atom stereocenters. The van der Waals surface area contributed by atoms with Crippen LogP contribution >= 0.6 is 0 Å². The predicted octanol–water partition coefficient (Wildman–Crippen LogP) is 2.11. The van der Waals surface area contributed by atoms with Crippen molar-refractivity contribution < 1.29 is 9.59 Å². The van der Waals surface area contributed by atoms with E-state index < -0.39 is 6.04 Å². The number of imide groups is 1. The van der Waals surface area contributed by atoms with Gasteiger partial charge in [-0.2, -0.15) is 0 Å². The minimum absolute atomic E-state index is 0.161. The second kappa shape index (κ2) is 6.19. The summed E-state index contributed by atoms with van der Waals surface area (Å²) >= 11 is 0. The molecule has 4 nitrogen and oxygen atoms in total. The van der Waals surface area contributed by atoms with Gasteiger partial charge in [0, 0.05) is 13.5 Å². The van der Waals surface area contributed by atoms with E-state index >= 15 is 0 Å². The summed E-state index contributed by atoms with van der Waals surface area (Å²) in [6.07, 6.45) is 0.552. The van der Waals surface area contributed by atoms with Crippen molar-refractivity contribution in [2.75, 3.05) is 7.05 Å². The molecule has 1 aromatic carbocycles. The highest BCUT2D eigenvalue weighted by Gasteiger charge is 2.34. The Bertz CT molecular complexity index is 443. The predicted molar refractivity (Wildman–Crippen MR) is 71.3 cm³/mol. The Balaban J connectivity index is 0.000000771. The quantitative estimate of drug-likeness (QED) is 0.815. The van der Waals surface area contributed by atoms with Crippen LogP contribution in [-0.2, 0) is 11.2 Å². The van der Waals surface area contributed by atoms with Crippen molar-refractivity contribution in [3.05, 3.63) is 35.4 Å². The van der Waals surface area contributed by atoms with Crippen LogP contribution in [0.2, 0.25) is 0 Å². The van der Waals surface area contributed by atoms with E-state index in [1.54, 1.807) is 0 Å². The summed E-state index contributed by atoms with van der Waals surface area (Å²) in [6, 6.07) is 7.21. The number of hydrogen-bond donors (Lipinski definition) is 1. The van der Waals surface area contributed by atoms with E-state index in [4.69, 9.17) is 0 Å². The van der Waals surface area contributed by atoms with Crippen LogP contribution < -0.4 is 5.32 Å². The third-order valence-corrected chi connectivity index (χ3v) is 2.75. The SMILES string of the molecule is CC.Cc1cccc(CC2NC(=O)N(C)C2=O)c1. The number of rotatable bonds is 2. The first-order valence-corrected chi connectivity index (χ1v) is 6.21. The maximum Gasteiger partial charge on any atom is 0.324 e. The van der Waals surface area contributed by atoms with Crippen molar-refractivity contribution in [2.24, 2.45) is 0 Å². The summed E-state index contributed by atoms with van der Waals surface area (Å²) in [5, 5.41) is 2.66. The van der Waals surface area contributed by atoms with Crippen LogP contribution in [0.5, 0.6) is 0 Å². The first kappa shape index (κ1) is 14.2. The lowest BCUT2D eigenvalue weighted by Crippen LogP contribution is -2.31. The normalized spacial score (nSPS) is 18.2. The molecule has 2 rings (SSSR count). The third kappa shape index (κ3) is 3.09. The van der Waals surface area contributed by atoms with Gasteiger partial charge in [-0.25, -0.2) is 4.79 Å². The van der Waals surface area contributed by atoms with Crippen molar-refractivity contribution >= 4 is 11.9 Å². The fourth-order valence-corrected chi connectivity index (χ4v) is 1.85. The van der Waals surface area contributed by atoms with Gasteiger partial charge in [-0.15, -0.1) is 0 Å². The molecule has 98 valence electrons. The molecule has 1 heterocycles. The molecular weight excluding hydrogens is 228 g/mol. The number of carbonyl (C=O) groups is 2. The van der Waals surface area contributed by atoms with E-state index in [0.717, 1.165) is 16.0 Å². The van der Waals surface area contributed by atoms with Crippen LogP contribution in [0.15, 0.2) is 24.3 Å². The molecule has 1 N–H and O–H groups in total. The average Bonchev–Trinajstić information content (AvgIpc) is 2.60. The largest absolute Gasteiger partial charge is 0.325 e. The molecule has 1 aliphatic heterocycles. The number of nitrogens with zero attached hydrogens (tertiary/aromatic N) is 1. The zero-order valence-corrected chi connectivity index (χ0v) is 11.4. The molecule has 1 saturated heterocycles. The lowest BCUT2D eigenvalue weighted by Gasteiger charge is -2.08. The molecule has 0 aromatic heterocycles. The lowest BCUT2D eigenvalue weighted by atomic mass is 10.0. The Kier molecular flexibility index (Phi) is 4.89. The minimum atomic E-state index is -0.417. The highest BCUT2D eigenvalue weighted by Crippen LogP contribution is 2.11. The summed E-state index contributed by atoms with van der Waals surface area (Å²) in [7, 11) is 1.49. The van der Waals surface area contributed by atoms with E-state index in [1.807, 2.05) is 45.0 Å². The van der Waals surface area contributed by atoms with E-state index in [1.165, 1.54) is 7.05 Å². The van der Waals surface area contributed by atoms with Crippen LogP contribution in [0, 0.1) is 6.92 Å². The van der Waals surface area contributed by atoms with Gasteiger partial charge in [-0.05, 0) is 12.5 Å². The Morgan fingerprint density at radius 1 is 1.28 bits per heavy atom. The van der Waals surface area contributed by atoms with Gasteiger partial charge >= 0.3 is 6.03 Å². The molecule has 0 radical (unpaired) electrons. The van der Waals surface area contributed by atoms with Crippen molar-refractivity contribution in [1.29, 1.82) is 0 Å². The van der Waals surface area contributed by atoms with Gasteiger partial charge in [0.25, 0.3) is 5.91 Å². The first-order valence-electron chi connectivity index (χ1n) is 6.21. The Morgan fingerprint density at radius 3 is 2.44 bits per heavy atom. The fourth-order valence-electron chi connectivity index (χ4n) is 1.85. The summed E-state index contributed by atoms with van der Waals surface area (Å²) < 4.78 is 0. The molecule has 0 bridgehead atoms. The van der Waals surface area contributed by atoms with Crippen LogP contribution in [0.3, 0.4) is 0 Å². The number of carbonyl (C=O) groups excluding carboxylic acids is 2. The molecule has 0 saturated carbocycles. The molecule has 4 heteroatoms. The number of nitrogens with one attached hydrogen (secondary N) is 1. The molecule has 1 unspecified atom stereocenters. The Hall–Kier alpha value is -1.84. The van der Waals surface area contributed by atoms with E-state index in [2.05, 4.69) is 5.32 Å². The molecule has 18 heavy (non-hydrogen) atoms. The van der Waals surface area contributed by atoms with Crippen LogP contribution in [0.4, 0.5) is 4.79 Å². The van der Waals surface area contributed by atoms with Crippen molar-refractivity contribution in [3.8, 4) is 0 Å². The second-order valence-electron chi connectivity index (χ2n) is 4.09. The smallest absolute Gasteiger partial charge is 0.324 e. The molecule has 1 aliphatic rings. The number of benzene rings is 1. The van der Waals surface area contributed by atoms with Gasteiger partial charge in [0.05, 0.1) is 0 Å². The molecular formula is C14H20N2O2. The summed E-state index contributed by atoms with van der Waals surface area (Å²) in [4.78, 5) is 24.0. The molecule has 0 aliphatic carbocycles. The van der Waals surface area contributed by atoms with Crippen LogP contribution in [0.25, 0.3) is 0 Å². The first-order chi connectivity index (χ1) is 8.58. The molecule has 3 amide bonds. The van der Waals surface area contributed by atoms with E-state index in [-0.39, 0.29) is 11.9 Å². The van der Waals surface area contributed by atoms with Gasteiger partial charge in [-0.3, -0.25) is 9.69 Å². The number of hydrogen-bond acceptors (Lipinski definition) is 2. The average molecular weight is 248 g/mol. The van der Waals surface area contributed by atoms with Gasteiger partial charge < -0.3 is 5.32 Å². The highest BCUT2D eigenvalue weighted by molar-refractivity contribution is 6.03. The van der Waals surface area contributed by atoms with Crippen molar-refractivity contribution in [3.63, 3.8) is 0 Å². The molecule has 0 spiro atoms. The standard InChI is InChI=1S/C12H14N2O2.C2H6/c1-8-4-3-5-9(6-8)7-10-11(15)14(2)12(16)13-10;1-2/h3-6,10H,7H2,1-2H3,(H,13,16);1-2H3. The minimum Gasteiger partial charge on any atom is -0.325 e. The highest BCUT2D eigenvalue weighted by atomic mass is 16.2. The Morgan fingerprint density at radius 2 is 1.94 bits per heavy atom. The lowest BCUT2D eigenvalue weighted by molar-refractivity contribution is -0.126. The topological polar surface area (TPSA) is 49.4 Å². The van der Waals surface area contributed by atoms with Crippen molar-refractivity contribution in [1.82, 2.24) is 10.2 Å². The third-order valence-electron chi connectivity index (χ3n) is 2.75. The second-order valence-corrected chi connectivity index (χ2v) is 4.09. The van der Waals surface area contributed by atoms with Gasteiger partial charge in [-0.1, -0.05) is 43.7 Å². The number of urea groups is 1. The summed E-state index contributed by atoms with van der Waals surface area (Å²) in [5.74, 6) is -0.161. The monoisotopic (exact) mass is 248 g/mol. The van der Waals surface area contributed by atoms with Crippen molar-refractivity contribution in [2.45, 2.75) is 33.2 Å². The molecule has 1 aromatic rings. The number of aryl methyl sites for hydroxylation is 1. The van der Waals surface area contributed by atoms with Crippen LogP contribution in [0.1, 0.15) is 25.0 Å². The molecule has 1 fully saturated rings. The number of likely N-dealkylation sites (N-methyl/N-ethyl adjacent to an activating group) is 1. The zero-order chi connectivity index (χ0) is 13.7. The fraction of sp³-hybridized carbons (Fsp3) is 0.429. The van der Waals surface area contributed by atoms with Crippen LogP contribution in [-0.4, -0.2) is 29.9 Å². The zero-order valence-electron chi connectivity index (χ0n) is 11.4. The van der Waals surface area contributed by atoms with Gasteiger partial charge in [0.15, 0.2) is 0 Å². The van der Waals surface area contributed by atoms with E-state index in [9.17, 15) is 9.59 Å². The summed E-state index contributed by atoms with van der Waals surface area (Å²) in [5.41, 5.74) is 2.22. The Labute approximate surface area is 108 Å². The van der Waals surface area contributed by atoms with Gasteiger partial charge in [0.1, 0.15) is 6.04 Å². The van der Waals surface area contributed by atoms with E-state index in [0.29, 0.717) is 6.42 Å².